The van der Waals surface area contributed by atoms with Crippen LogP contribution >= 0.6 is 50.2 Å². The molecule has 158 valence electrons. The molecule has 4 rings (SSSR count). The lowest BCUT2D eigenvalue weighted by atomic mass is 10.2. The van der Waals surface area contributed by atoms with Crippen molar-refractivity contribution in [2.45, 2.75) is 0 Å². The number of hydrogen-bond donors (Lipinski definition) is 1. The van der Waals surface area contributed by atoms with Gasteiger partial charge in [0.15, 0.2) is 11.7 Å². The third-order valence-electron chi connectivity index (χ3n) is 4.23. The van der Waals surface area contributed by atoms with Crippen molar-refractivity contribution < 1.29 is 19.1 Å². The minimum absolute atomic E-state index is 0.240. The maximum atomic E-state index is 12.4. The number of nitrogens with one attached hydrogen (secondary N) is 1. The summed E-state index contributed by atoms with van der Waals surface area (Å²) in [7, 11) is 1.56. The van der Waals surface area contributed by atoms with E-state index in [2.05, 4.69) is 26.2 Å². The van der Waals surface area contributed by atoms with Crippen LogP contribution in [0.4, 0.5) is 5.13 Å². The third-order valence-corrected chi connectivity index (χ3v) is 7.12. The van der Waals surface area contributed by atoms with Crippen LogP contribution in [0.25, 0.3) is 21.3 Å². The number of carbonyl (C=O) groups is 2. The van der Waals surface area contributed by atoms with Crippen molar-refractivity contribution in [3.63, 3.8) is 0 Å². The molecule has 31 heavy (non-hydrogen) atoms. The molecule has 4 aromatic rings. The number of carbonyl (C=O) groups excluding carboxylic acids is 2. The topological polar surface area (TPSA) is 77.5 Å². The van der Waals surface area contributed by atoms with Gasteiger partial charge in [-0.3, -0.25) is 10.1 Å². The van der Waals surface area contributed by atoms with Crippen LogP contribution < -0.4 is 10.1 Å². The molecule has 2 heterocycles. The van der Waals surface area contributed by atoms with E-state index in [1.165, 1.54) is 22.7 Å². The molecule has 0 atom stereocenters. The van der Waals surface area contributed by atoms with Crippen LogP contribution in [-0.4, -0.2) is 30.6 Å². The Balaban J connectivity index is 1.38. The summed E-state index contributed by atoms with van der Waals surface area (Å²) in [6.07, 6.45) is 0. The molecule has 2 aromatic carbocycles. The Labute approximate surface area is 198 Å². The predicted molar refractivity (Wildman–Crippen MR) is 128 cm³/mol. The number of fused-ring (bicyclic) bond motifs is 1. The highest BCUT2D eigenvalue weighted by atomic mass is 79.9. The maximum absolute atomic E-state index is 12.4. The van der Waals surface area contributed by atoms with Gasteiger partial charge in [-0.25, -0.2) is 9.78 Å². The SMILES string of the molecule is COc1ccc2c(Cl)c(C(=O)OCC(=O)Nc3nc(-c4cccc(Br)c4)cs3)sc2c1. The average Bonchev–Trinajstić information content (AvgIpc) is 3.36. The number of hydrogen-bond acceptors (Lipinski definition) is 7. The molecular formula is C21H14BrClN2O4S2. The molecule has 1 amide bonds. The molecule has 0 saturated carbocycles. The number of thiophene rings is 1. The second-order valence-electron chi connectivity index (χ2n) is 6.28. The summed E-state index contributed by atoms with van der Waals surface area (Å²) in [5, 5.41) is 5.93. The number of nitrogens with zero attached hydrogens (tertiary/aromatic N) is 1. The molecule has 6 nitrogen and oxygen atoms in total. The van der Waals surface area contributed by atoms with Gasteiger partial charge in [0, 0.05) is 25.5 Å². The van der Waals surface area contributed by atoms with Crippen LogP contribution in [0.5, 0.6) is 5.75 Å². The van der Waals surface area contributed by atoms with Gasteiger partial charge >= 0.3 is 5.97 Å². The van der Waals surface area contributed by atoms with Gasteiger partial charge in [0.2, 0.25) is 0 Å². The van der Waals surface area contributed by atoms with Crippen molar-refractivity contribution in [3.05, 3.63) is 62.2 Å². The highest BCUT2D eigenvalue weighted by molar-refractivity contribution is 9.10. The highest BCUT2D eigenvalue weighted by Gasteiger charge is 2.20. The quantitative estimate of drug-likeness (QED) is 0.294. The van der Waals surface area contributed by atoms with Crippen molar-refractivity contribution in [2.24, 2.45) is 0 Å². The number of rotatable bonds is 6. The first kappa shape index (κ1) is 21.8. The van der Waals surface area contributed by atoms with E-state index in [0.717, 1.165) is 25.8 Å². The smallest absolute Gasteiger partial charge is 0.350 e. The zero-order valence-corrected chi connectivity index (χ0v) is 20.0. The first-order valence-electron chi connectivity index (χ1n) is 8.89. The van der Waals surface area contributed by atoms with Gasteiger partial charge < -0.3 is 9.47 Å². The molecule has 1 N–H and O–H groups in total. The van der Waals surface area contributed by atoms with E-state index in [1.807, 2.05) is 29.6 Å². The number of ether oxygens (including phenoxy) is 2. The van der Waals surface area contributed by atoms with Crippen molar-refractivity contribution in [3.8, 4) is 17.0 Å². The Morgan fingerprint density at radius 3 is 2.84 bits per heavy atom. The fourth-order valence-electron chi connectivity index (χ4n) is 2.77. The van der Waals surface area contributed by atoms with E-state index < -0.39 is 18.5 Å². The standard InChI is InChI=1S/C21H14BrClN2O4S2/c1-28-13-5-6-14-16(8-13)31-19(18(14)23)20(27)29-9-17(26)25-21-24-15(10-30-21)11-3-2-4-12(22)7-11/h2-8,10H,9H2,1H3,(H,24,25,26). The van der Waals surface area contributed by atoms with Gasteiger partial charge in [0.05, 0.1) is 17.8 Å². The van der Waals surface area contributed by atoms with Crippen molar-refractivity contribution in [2.75, 3.05) is 19.0 Å². The van der Waals surface area contributed by atoms with Gasteiger partial charge in [-0.15, -0.1) is 22.7 Å². The Kier molecular flexibility index (Phi) is 6.57. The van der Waals surface area contributed by atoms with Gasteiger partial charge in [0.25, 0.3) is 5.91 Å². The average molecular weight is 538 g/mol. The number of thiazole rings is 1. The molecule has 0 unspecified atom stereocenters. The molecule has 0 radical (unpaired) electrons. The molecule has 0 aliphatic carbocycles. The van der Waals surface area contributed by atoms with Gasteiger partial charge in [0.1, 0.15) is 10.6 Å². The van der Waals surface area contributed by atoms with Crippen molar-refractivity contribution >= 4 is 77.3 Å². The summed E-state index contributed by atoms with van der Waals surface area (Å²) >= 11 is 12.2. The minimum Gasteiger partial charge on any atom is -0.497 e. The molecule has 10 heteroatoms. The molecule has 0 saturated heterocycles. The van der Waals surface area contributed by atoms with Crippen LogP contribution in [0.1, 0.15) is 9.67 Å². The molecule has 0 spiro atoms. The van der Waals surface area contributed by atoms with E-state index in [9.17, 15) is 9.59 Å². The predicted octanol–water partition coefficient (Wildman–Crippen LogP) is 6.24. The van der Waals surface area contributed by atoms with E-state index in [1.54, 1.807) is 25.3 Å². The van der Waals surface area contributed by atoms with E-state index in [0.29, 0.717) is 15.9 Å². The molecule has 0 bridgehead atoms. The van der Waals surface area contributed by atoms with Crippen LogP contribution in [0, 0.1) is 0 Å². The second-order valence-corrected chi connectivity index (χ2v) is 9.48. The Morgan fingerprint density at radius 1 is 1.23 bits per heavy atom. The van der Waals surface area contributed by atoms with Crippen LogP contribution in [-0.2, 0) is 9.53 Å². The summed E-state index contributed by atoms with van der Waals surface area (Å²) in [6.45, 7) is -0.446. The lowest BCUT2D eigenvalue weighted by Crippen LogP contribution is -2.20. The second kappa shape index (κ2) is 9.35. The number of amides is 1. The summed E-state index contributed by atoms with van der Waals surface area (Å²) in [4.78, 5) is 29.3. The van der Waals surface area contributed by atoms with Crippen LogP contribution in [0.3, 0.4) is 0 Å². The molecule has 2 aromatic heterocycles. The fourth-order valence-corrected chi connectivity index (χ4v) is 5.33. The largest absolute Gasteiger partial charge is 0.497 e. The van der Waals surface area contributed by atoms with Crippen molar-refractivity contribution in [1.29, 1.82) is 0 Å². The first-order chi connectivity index (χ1) is 14.9. The lowest BCUT2D eigenvalue weighted by molar-refractivity contribution is -0.119. The number of benzene rings is 2. The van der Waals surface area contributed by atoms with Gasteiger partial charge in [-0.05, 0) is 30.3 Å². The highest BCUT2D eigenvalue weighted by Crippen LogP contribution is 2.37. The number of esters is 1. The summed E-state index contributed by atoms with van der Waals surface area (Å²) in [6, 6.07) is 13.0. The number of halogens is 2. The Bertz CT molecular complexity index is 1290. The Hall–Kier alpha value is -2.46. The minimum atomic E-state index is -0.658. The normalized spacial score (nSPS) is 10.8. The molecule has 0 aliphatic rings. The summed E-state index contributed by atoms with van der Waals surface area (Å²) in [5.74, 6) is -0.480. The van der Waals surface area contributed by atoms with Gasteiger partial charge in [-0.2, -0.15) is 0 Å². The van der Waals surface area contributed by atoms with Crippen LogP contribution in [0.2, 0.25) is 5.02 Å². The summed E-state index contributed by atoms with van der Waals surface area (Å²) in [5.41, 5.74) is 1.67. The van der Waals surface area contributed by atoms with Gasteiger partial charge in [-0.1, -0.05) is 39.7 Å². The number of aromatic nitrogens is 1. The molecule has 0 fully saturated rings. The van der Waals surface area contributed by atoms with Crippen molar-refractivity contribution in [1.82, 2.24) is 4.98 Å². The third kappa shape index (κ3) is 4.90. The Morgan fingerprint density at radius 2 is 2.06 bits per heavy atom. The first-order valence-corrected chi connectivity index (χ1v) is 11.8. The van der Waals surface area contributed by atoms with E-state index in [4.69, 9.17) is 21.1 Å². The van der Waals surface area contributed by atoms with E-state index >= 15 is 0 Å². The van der Waals surface area contributed by atoms with E-state index in [-0.39, 0.29) is 4.88 Å². The number of anilines is 1. The molecular weight excluding hydrogens is 524 g/mol. The monoisotopic (exact) mass is 536 g/mol. The lowest BCUT2D eigenvalue weighted by Gasteiger charge is -2.04. The van der Waals surface area contributed by atoms with Crippen LogP contribution in [0.15, 0.2) is 52.3 Å². The fraction of sp³-hybridized carbons (Fsp3) is 0.0952. The summed E-state index contributed by atoms with van der Waals surface area (Å²) < 4.78 is 12.1. The molecule has 0 aliphatic heterocycles. The zero-order chi connectivity index (χ0) is 22.0. The maximum Gasteiger partial charge on any atom is 0.350 e. The zero-order valence-electron chi connectivity index (χ0n) is 16.0. The number of methoxy groups -OCH3 is 1.